The van der Waals surface area contributed by atoms with Crippen molar-refractivity contribution < 1.29 is 9.53 Å². The molecule has 2 fully saturated rings. The molecule has 1 aromatic heterocycles. The van der Waals surface area contributed by atoms with E-state index in [9.17, 15) is 4.79 Å². The van der Waals surface area contributed by atoms with Crippen LogP contribution in [0.5, 0.6) is 5.75 Å². The Morgan fingerprint density at radius 3 is 2.63 bits per heavy atom. The number of hydrogen-bond donors (Lipinski definition) is 0. The molecule has 2 aliphatic rings. The fourth-order valence-electron chi connectivity index (χ4n) is 5.49. The largest absolute Gasteiger partial charge is 0.493 e. The maximum Gasteiger partial charge on any atom is 0.223 e. The van der Waals surface area contributed by atoms with Crippen molar-refractivity contribution in [3.8, 4) is 5.75 Å². The molecule has 0 unspecified atom stereocenters. The zero-order chi connectivity index (χ0) is 25.0. The van der Waals surface area contributed by atoms with Gasteiger partial charge < -0.3 is 19.1 Å². The Kier molecular flexibility index (Phi) is 8.46. The summed E-state index contributed by atoms with van der Waals surface area (Å²) >= 11 is 6.23. The standard InChI is InChI=1S/C28H41ClN4O2/c1-22(2)33-12-5-7-24(33)19-31-11-6-10-28(20-31,18-27(34)32-15-13-30(4)14-16-32)21-35-25-8-9-26(29)23(3)17-25/h5,7-9,12,17,22H,6,10-11,13-16,18-21H2,1-4H3/t28-/m0/s1. The number of amides is 1. The van der Waals surface area contributed by atoms with E-state index in [2.05, 4.69) is 58.5 Å². The monoisotopic (exact) mass is 500 g/mol. The molecular weight excluding hydrogens is 460 g/mol. The molecular formula is C28H41ClN4O2. The van der Waals surface area contributed by atoms with Crippen LogP contribution >= 0.6 is 11.6 Å². The Hall–Kier alpha value is -2.02. The van der Waals surface area contributed by atoms with E-state index in [1.807, 2.05) is 25.1 Å². The molecule has 2 aliphatic heterocycles. The van der Waals surface area contributed by atoms with Crippen LogP contribution < -0.4 is 4.74 Å². The minimum absolute atomic E-state index is 0.207. The van der Waals surface area contributed by atoms with Gasteiger partial charge in [0.2, 0.25) is 5.91 Å². The smallest absolute Gasteiger partial charge is 0.223 e. The van der Waals surface area contributed by atoms with E-state index in [4.69, 9.17) is 16.3 Å². The van der Waals surface area contributed by atoms with E-state index in [1.54, 1.807) is 0 Å². The number of rotatable bonds is 8. The number of aromatic nitrogens is 1. The van der Waals surface area contributed by atoms with Crippen LogP contribution in [0.15, 0.2) is 36.5 Å². The zero-order valence-corrected chi connectivity index (χ0v) is 22.6. The number of piperazine rings is 1. The van der Waals surface area contributed by atoms with Crippen LogP contribution in [0.2, 0.25) is 5.02 Å². The number of likely N-dealkylation sites (tertiary alicyclic amines) is 1. The molecule has 2 aromatic rings. The van der Waals surface area contributed by atoms with Gasteiger partial charge in [0.25, 0.3) is 0 Å². The molecule has 0 saturated carbocycles. The average Bonchev–Trinajstić information content (AvgIpc) is 3.29. The van der Waals surface area contributed by atoms with Gasteiger partial charge in [0, 0.05) is 74.1 Å². The molecule has 192 valence electrons. The summed E-state index contributed by atoms with van der Waals surface area (Å²) in [5, 5.41) is 0.745. The van der Waals surface area contributed by atoms with Gasteiger partial charge in [0.15, 0.2) is 0 Å². The molecule has 0 N–H and O–H groups in total. The Labute approximate surface area is 215 Å². The normalized spacial score (nSPS) is 22.1. The first-order valence-electron chi connectivity index (χ1n) is 13.0. The Balaban J connectivity index is 1.50. The van der Waals surface area contributed by atoms with Crippen molar-refractivity contribution >= 4 is 17.5 Å². The molecule has 4 rings (SSSR count). The van der Waals surface area contributed by atoms with E-state index in [0.29, 0.717) is 19.1 Å². The lowest BCUT2D eigenvalue weighted by atomic mass is 9.77. The highest BCUT2D eigenvalue weighted by Gasteiger charge is 2.40. The lowest BCUT2D eigenvalue weighted by molar-refractivity contribution is -0.137. The molecule has 0 aliphatic carbocycles. The summed E-state index contributed by atoms with van der Waals surface area (Å²) in [6.07, 6.45) is 4.77. The maximum absolute atomic E-state index is 13.5. The van der Waals surface area contributed by atoms with Gasteiger partial charge >= 0.3 is 0 Å². The number of carbonyl (C=O) groups is 1. The van der Waals surface area contributed by atoms with Crippen LogP contribution in [-0.2, 0) is 11.3 Å². The number of benzene rings is 1. The summed E-state index contributed by atoms with van der Waals surface area (Å²) in [4.78, 5) is 20.3. The molecule has 0 radical (unpaired) electrons. The Morgan fingerprint density at radius 2 is 1.91 bits per heavy atom. The molecule has 6 nitrogen and oxygen atoms in total. The molecule has 1 aromatic carbocycles. The second-order valence-corrected chi connectivity index (χ2v) is 11.3. The number of aryl methyl sites for hydroxylation is 1. The minimum atomic E-state index is -0.207. The molecule has 2 saturated heterocycles. The highest BCUT2D eigenvalue weighted by Crippen LogP contribution is 2.36. The summed E-state index contributed by atoms with van der Waals surface area (Å²) in [5.74, 6) is 1.09. The summed E-state index contributed by atoms with van der Waals surface area (Å²) in [6.45, 7) is 13.3. The van der Waals surface area contributed by atoms with Crippen molar-refractivity contribution in [3.63, 3.8) is 0 Å². The SMILES string of the molecule is Cc1cc(OC[C@]2(CC(=O)N3CCN(C)CC3)CCCN(Cc3cccn3C(C)C)C2)ccc1Cl. The predicted octanol–water partition coefficient (Wildman–Crippen LogP) is 4.86. The second kappa shape index (κ2) is 11.4. The first-order chi connectivity index (χ1) is 16.7. The number of ether oxygens (including phenoxy) is 1. The third-order valence-corrected chi connectivity index (χ3v) is 8.03. The van der Waals surface area contributed by atoms with Gasteiger partial charge in [-0.15, -0.1) is 0 Å². The van der Waals surface area contributed by atoms with Crippen molar-refractivity contribution in [2.75, 3.05) is 52.9 Å². The lowest BCUT2D eigenvalue weighted by Crippen LogP contribution is -2.52. The summed E-state index contributed by atoms with van der Waals surface area (Å²) in [6, 6.07) is 10.6. The molecule has 3 heterocycles. The van der Waals surface area contributed by atoms with E-state index >= 15 is 0 Å². The molecule has 35 heavy (non-hydrogen) atoms. The number of likely N-dealkylation sites (N-methyl/N-ethyl adjacent to an activating group) is 1. The second-order valence-electron chi connectivity index (χ2n) is 10.9. The molecule has 0 bridgehead atoms. The fourth-order valence-corrected chi connectivity index (χ4v) is 5.60. The number of halogens is 1. The number of piperidine rings is 1. The van der Waals surface area contributed by atoms with Gasteiger partial charge in [-0.25, -0.2) is 0 Å². The number of hydrogen-bond acceptors (Lipinski definition) is 4. The van der Waals surface area contributed by atoms with Crippen molar-refractivity contribution in [2.45, 2.75) is 52.6 Å². The van der Waals surface area contributed by atoms with Crippen molar-refractivity contribution in [3.05, 3.63) is 52.8 Å². The maximum atomic E-state index is 13.5. The summed E-state index contributed by atoms with van der Waals surface area (Å²) in [5.41, 5.74) is 2.13. The predicted molar refractivity (Wildman–Crippen MR) is 142 cm³/mol. The van der Waals surface area contributed by atoms with Crippen LogP contribution in [-0.4, -0.2) is 78.1 Å². The third-order valence-electron chi connectivity index (χ3n) is 7.61. The van der Waals surface area contributed by atoms with Crippen LogP contribution in [0.4, 0.5) is 0 Å². The molecule has 7 heteroatoms. The lowest BCUT2D eigenvalue weighted by Gasteiger charge is -2.44. The Morgan fingerprint density at radius 1 is 1.14 bits per heavy atom. The van der Waals surface area contributed by atoms with E-state index < -0.39 is 0 Å². The fraction of sp³-hybridized carbons (Fsp3) is 0.607. The quantitative estimate of drug-likeness (QED) is 0.519. The Bertz CT molecular complexity index is 999. The van der Waals surface area contributed by atoms with E-state index in [0.717, 1.165) is 75.0 Å². The zero-order valence-electron chi connectivity index (χ0n) is 21.8. The average molecular weight is 501 g/mol. The highest BCUT2D eigenvalue weighted by atomic mass is 35.5. The third kappa shape index (κ3) is 6.60. The number of carbonyl (C=O) groups excluding carboxylic acids is 1. The molecule has 0 spiro atoms. The summed E-state index contributed by atoms with van der Waals surface area (Å²) in [7, 11) is 2.12. The van der Waals surface area contributed by atoms with Crippen LogP contribution in [0.1, 0.15) is 50.4 Å². The van der Waals surface area contributed by atoms with Gasteiger partial charge in [-0.2, -0.15) is 0 Å². The minimum Gasteiger partial charge on any atom is -0.493 e. The van der Waals surface area contributed by atoms with Gasteiger partial charge in [0.1, 0.15) is 5.75 Å². The first-order valence-corrected chi connectivity index (χ1v) is 13.4. The van der Waals surface area contributed by atoms with E-state index in [-0.39, 0.29) is 11.3 Å². The van der Waals surface area contributed by atoms with Crippen molar-refractivity contribution in [2.24, 2.45) is 5.41 Å². The van der Waals surface area contributed by atoms with Gasteiger partial charge in [-0.1, -0.05) is 11.6 Å². The van der Waals surface area contributed by atoms with Gasteiger partial charge in [-0.05, 0) is 83.1 Å². The van der Waals surface area contributed by atoms with Crippen molar-refractivity contribution in [1.82, 2.24) is 19.3 Å². The van der Waals surface area contributed by atoms with Crippen LogP contribution in [0.3, 0.4) is 0 Å². The topological polar surface area (TPSA) is 41.0 Å². The van der Waals surface area contributed by atoms with Gasteiger partial charge in [0.05, 0.1) is 6.61 Å². The van der Waals surface area contributed by atoms with Crippen LogP contribution in [0.25, 0.3) is 0 Å². The van der Waals surface area contributed by atoms with Gasteiger partial charge in [-0.3, -0.25) is 9.69 Å². The van der Waals surface area contributed by atoms with Crippen LogP contribution in [0, 0.1) is 12.3 Å². The molecule has 1 atom stereocenters. The van der Waals surface area contributed by atoms with Crippen molar-refractivity contribution in [1.29, 1.82) is 0 Å². The first kappa shape index (κ1) is 26.1. The number of nitrogens with zero attached hydrogens (tertiary/aromatic N) is 4. The summed E-state index contributed by atoms with van der Waals surface area (Å²) < 4.78 is 8.71. The highest BCUT2D eigenvalue weighted by molar-refractivity contribution is 6.31. The van der Waals surface area contributed by atoms with E-state index in [1.165, 1.54) is 5.69 Å². The molecule has 1 amide bonds.